The quantitative estimate of drug-likeness (QED) is 0.568. The number of halogens is 1. The summed E-state index contributed by atoms with van der Waals surface area (Å²) in [5.41, 5.74) is 3.14. The van der Waals surface area contributed by atoms with Crippen molar-refractivity contribution >= 4 is 23.1 Å². The summed E-state index contributed by atoms with van der Waals surface area (Å²) < 4.78 is 2.28. The highest BCUT2D eigenvalue weighted by Crippen LogP contribution is 2.41. The first-order valence-corrected chi connectivity index (χ1v) is 12.2. The Morgan fingerprint density at radius 3 is 2.53 bits per heavy atom. The van der Waals surface area contributed by atoms with Gasteiger partial charge in [0.1, 0.15) is 11.5 Å². The van der Waals surface area contributed by atoms with E-state index >= 15 is 0 Å². The highest BCUT2D eigenvalue weighted by atomic mass is 35.5. The van der Waals surface area contributed by atoms with Crippen LogP contribution in [0.1, 0.15) is 56.6 Å². The van der Waals surface area contributed by atoms with Gasteiger partial charge in [-0.1, -0.05) is 17.7 Å². The summed E-state index contributed by atoms with van der Waals surface area (Å²) in [5, 5.41) is 0.753. The third-order valence-electron chi connectivity index (χ3n) is 7.24. The second kappa shape index (κ2) is 9.00. The van der Waals surface area contributed by atoms with E-state index in [4.69, 9.17) is 16.6 Å². The summed E-state index contributed by atoms with van der Waals surface area (Å²) >= 11 is 6.50. The fourth-order valence-electron chi connectivity index (χ4n) is 5.36. The predicted octanol–water partition coefficient (Wildman–Crippen LogP) is 4.81. The summed E-state index contributed by atoms with van der Waals surface area (Å²) in [7, 11) is 2.19. The van der Waals surface area contributed by atoms with Crippen LogP contribution in [0.15, 0.2) is 42.7 Å². The highest BCUT2D eigenvalue weighted by molar-refractivity contribution is 6.31. The number of aromatic nitrogens is 3. The van der Waals surface area contributed by atoms with Crippen LogP contribution in [0.5, 0.6) is 0 Å². The molecule has 5 heterocycles. The minimum Gasteiger partial charge on any atom is -0.355 e. The first-order chi connectivity index (χ1) is 15.5. The molecule has 3 aromatic rings. The Bertz CT molecular complexity index is 1070. The van der Waals surface area contributed by atoms with E-state index in [0.29, 0.717) is 6.04 Å². The minimum absolute atomic E-state index is 0.218. The lowest BCUT2D eigenvalue weighted by Crippen LogP contribution is -2.49. The van der Waals surface area contributed by atoms with Crippen molar-refractivity contribution < 1.29 is 0 Å². The van der Waals surface area contributed by atoms with Crippen molar-refractivity contribution in [2.75, 3.05) is 38.1 Å². The van der Waals surface area contributed by atoms with Crippen LogP contribution >= 0.6 is 11.6 Å². The standard InChI is InChI=1S/C25H33ClN6/c1-18(2)30-13-15-31(16-14-30)24-11-5-10-23-28-20(17-32(23)24)21-8-4-9-22(29(21)3)25-19(26)7-6-12-27-25/h5-7,10-12,17-18,21-22H,4,8-9,13-16H2,1-3H3/t21-,22?/m1/s1. The van der Waals surface area contributed by atoms with Gasteiger partial charge in [0.25, 0.3) is 0 Å². The summed E-state index contributed by atoms with van der Waals surface area (Å²) in [5.74, 6) is 1.24. The molecule has 0 bridgehead atoms. The molecule has 32 heavy (non-hydrogen) atoms. The molecule has 0 saturated carbocycles. The van der Waals surface area contributed by atoms with Crippen molar-refractivity contribution in [1.29, 1.82) is 0 Å². The molecule has 5 rings (SSSR count). The zero-order chi connectivity index (χ0) is 22.2. The van der Waals surface area contributed by atoms with Gasteiger partial charge in [0.05, 0.1) is 28.5 Å². The zero-order valence-corrected chi connectivity index (χ0v) is 20.0. The first-order valence-electron chi connectivity index (χ1n) is 11.8. The van der Waals surface area contributed by atoms with E-state index in [0.717, 1.165) is 67.5 Å². The molecule has 0 amide bonds. The molecule has 0 N–H and O–H groups in total. The second-order valence-corrected chi connectivity index (χ2v) is 9.80. The number of pyridine rings is 2. The Balaban J connectivity index is 1.42. The lowest BCUT2D eigenvalue weighted by Gasteiger charge is -2.39. The van der Waals surface area contributed by atoms with Gasteiger partial charge in [-0.3, -0.25) is 19.2 Å². The lowest BCUT2D eigenvalue weighted by atomic mass is 9.92. The molecule has 6 nitrogen and oxygen atoms in total. The molecule has 3 aromatic heterocycles. The van der Waals surface area contributed by atoms with E-state index < -0.39 is 0 Å². The first kappa shape index (κ1) is 21.7. The molecule has 0 aromatic carbocycles. The highest BCUT2D eigenvalue weighted by Gasteiger charge is 2.33. The number of likely N-dealkylation sites (tertiary alicyclic amines) is 1. The monoisotopic (exact) mass is 452 g/mol. The predicted molar refractivity (Wildman–Crippen MR) is 130 cm³/mol. The van der Waals surface area contributed by atoms with Gasteiger partial charge in [-0.25, -0.2) is 4.98 Å². The molecule has 2 atom stereocenters. The van der Waals surface area contributed by atoms with Crippen LogP contribution < -0.4 is 4.90 Å². The molecule has 1 unspecified atom stereocenters. The second-order valence-electron chi connectivity index (χ2n) is 9.39. The average molecular weight is 453 g/mol. The van der Waals surface area contributed by atoms with Crippen molar-refractivity contribution in [2.45, 2.75) is 51.2 Å². The van der Waals surface area contributed by atoms with Gasteiger partial charge in [0, 0.05) is 44.6 Å². The van der Waals surface area contributed by atoms with Gasteiger partial charge in [0.2, 0.25) is 0 Å². The van der Waals surface area contributed by atoms with Crippen LogP contribution in [0.2, 0.25) is 5.02 Å². The van der Waals surface area contributed by atoms with Crippen LogP contribution in [-0.4, -0.2) is 63.4 Å². The van der Waals surface area contributed by atoms with Crippen molar-refractivity contribution in [3.63, 3.8) is 0 Å². The van der Waals surface area contributed by atoms with Gasteiger partial charge in [-0.2, -0.15) is 0 Å². The van der Waals surface area contributed by atoms with Crippen molar-refractivity contribution in [3.8, 4) is 0 Å². The summed E-state index contributed by atoms with van der Waals surface area (Å²) in [6.45, 7) is 8.87. The van der Waals surface area contributed by atoms with Crippen LogP contribution in [0, 0.1) is 0 Å². The van der Waals surface area contributed by atoms with Crippen LogP contribution in [0.4, 0.5) is 5.82 Å². The van der Waals surface area contributed by atoms with E-state index in [2.05, 4.69) is 69.4 Å². The van der Waals surface area contributed by atoms with E-state index in [1.165, 1.54) is 5.82 Å². The lowest BCUT2D eigenvalue weighted by molar-refractivity contribution is 0.110. The number of anilines is 1. The average Bonchev–Trinajstić information content (AvgIpc) is 3.24. The van der Waals surface area contributed by atoms with E-state index in [1.807, 2.05) is 18.3 Å². The Kier molecular flexibility index (Phi) is 6.10. The number of piperidine rings is 1. The Hall–Kier alpha value is -2.15. The molecule has 2 aliphatic heterocycles. The Morgan fingerprint density at radius 1 is 1.00 bits per heavy atom. The topological polar surface area (TPSA) is 39.9 Å². The molecule has 2 fully saturated rings. The van der Waals surface area contributed by atoms with Crippen molar-refractivity contribution in [3.05, 3.63) is 59.1 Å². The fourth-order valence-corrected chi connectivity index (χ4v) is 5.61. The number of rotatable bonds is 4. The maximum atomic E-state index is 6.50. The molecule has 2 saturated heterocycles. The van der Waals surface area contributed by atoms with E-state index in [1.54, 1.807) is 0 Å². The molecule has 0 radical (unpaired) electrons. The minimum atomic E-state index is 0.218. The molecule has 0 aliphatic carbocycles. The maximum absolute atomic E-state index is 6.50. The summed E-state index contributed by atoms with van der Waals surface area (Å²) in [4.78, 5) is 17.1. The molecule has 170 valence electrons. The summed E-state index contributed by atoms with van der Waals surface area (Å²) in [6.07, 6.45) is 7.41. The Morgan fingerprint density at radius 2 is 1.78 bits per heavy atom. The van der Waals surface area contributed by atoms with Gasteiger partial charge >= 0.3 is 0 Å². The zero-order valence-electron chi connectivity index (χ0n) is 19.3. The number of imidazole rings is 1. The molecular formula is C25H33ClN6. The van der Waals surface area contributed by atoms with Crippen molar-refractivity contribution in [1.82, 2.24) is 24.2 Å². The number of hydrogen-bond acceptors (Lipinski definition) is 5. The number of piperazine rings is 1. The Labute approximate surface area is 195 Å². The maximum Gasteiger partial charge on any atom is 0.138 e. The van der Waals surface area contributed by atoms with E-state index in [9.17, 15) is 0 Å². The SMILES string of the molecule is CC(C)N1CCN(c2cccc3nc([C@H]4CCCC(c5ncccc5Cl)N4C)cn23)CC1. The largest absolute Gasteiger partial charge is 0.355 e. The third-order valence-corrected chi connectivity index (χ3v) is 7.56. The van der Waals surface area contributed by atoms with Gasteiger partial charge in [-0.05, 0) is 64.4 Å². The van der Waals surface area contributed by atoms with Gasteiger partial charge in [0.15, 0.2) is 0 Å². The normalized spacial score (nSPS) is 23.3. The molecule has 2 aliphatic rings. The summed E-state index contributed by atoms with van der Waals surface area (Å²) in [6, 6.07) is 11.4. The van der Waals surface area contributed by atoms with Gasteiger partial charge in [-0.15, -0.1) is 0 Å². The molecular weight excluding hydrogens is 420 g/mol. The van der Waals surface area contributed by atoms with Crippen LogP contribution in [0.3, 0.4) is 0 Å². The number of nitrogens with zero attached hydrogens (tertiary/aromatic N) is 6. The fraction of sp³-hybridized carbons (Fsp3) is 0.520. The van der Waals surface area contributed by atoms with Crippen LogP contribution in [0.25, 0.3) is 5.65 Å². The third kappa shape index (κ3) is 4.00. The van der Waals surface area contributed by atoms with Crippen molar-refractivity contribution in [2.24, 2.45) is 0 Å². The number of hydrogen-bond donors (Lipinski definition) is 0. The molecule has 0 spiro atoms. The van der Waals surface area contributed by atoms with E-state index in [-0.39, 0.29) is 12.1 Å². The number of fused-ring (bicyclic) bond motifs is 1. The molecule has 7 heteroatoms. The smallest absolute Gasteiger partial charge is 0.138 e. The van der Waals surface area contributed by atoms with Crippen LogP contribution in [-0.2, 0) is 0 Å². The van der Waals surface area contributed by atoms with Gasteiger partial charge < -0.3 is 4.90 Å².